The molecule has 2 fully saturated rings. The van der Waals surface area contributed by atoms with Crippen LogP contribution in [0.4, 0.5) is 13.2 Å². The van der Waals surface area contributed by atoms with E-state index in [1.54, 1.807) is 12.1 Å². The lowest BCUT2D eigenvalue weighted by molar-refractivity contribution is -0.159. The van der Waals surface area contributed by atoms with E-state index in [2.05, 4.69) is 10.1 Å². The summed E-state index contributed by atoms with van der Waals surface area (Å²) >= 11 is 0. The summed E-state index contributed by atoms with van der Waals surface area (Å²) in [5.74, 6) is 0.291. The van der Waals surface area contributed by atoms with E-state index in [0.29, 0.717) is 43.6 Å². The molecule has 0 unspecified atom stereocenters. The van der Waals surface area contributed by atoms with Crippen LogP contribution in [0.15, 0.2) is 22.7 Å². The minimum absolute atomic E-state index is 0.0264. The minimum atomic E-state index is -4.45. The van der Waals surface area contributed by atoms with Crippen LogP contribution in [0.2, 0.25) is 0 Å². The topological polar surface area (TPSA) is 83.3 Å². The molecule has 1 aromatic carbocycles. The molecule has 0 spiro atoms. The number of esters is 1. The minimum Gasteiger partial charge on any atom is -0.483 e. The fourth-order valence-electron chi connectivity index (χ4n) is 4.79. The molecule has 4 rings (SSSR count). The van der Waals surface area contributed by atoms with E-state index in [1.165, 1.54) is 13.2 Å². The van der Waals surface area contributed by atoms with E-state index in [9.17, 15) is 18.0 Å². The molecule has 194 valence electrons. The molecule has 35 heavy (non-hydrogen) atoms. The Labute approximate surface area is 201 Å². The monoisotopic (exact) mass is 500 g/mol. The molecule has 0 radical (unpaired) electrons. The zero-order valence-electron chi connectivity index (χ0n) is 19.8. The fourth-order valence-corrected chi connectivity index (χ4v) is 4.79. The number of piperidine rings is 1. The van der Waals surface area contributed by atoms with Gasteiger partial charge in [0.05, 0.1) is 19.1 Å². The number of rotatable bonds is 9. The molecule has 1 aromatic heterocycles. The van der Waals surface area contributed by atoms with Crippen LogP contribution in [0.5, 0.6) is 11.6 Å². The van der Waals surface area contributed by atoms with Crippen molar-refractivity contribution in [1.29, 1.82) is 0 Å². The molecule has 0 saturated carbocycles. The number of ether oxygens (including phenoxy) is 4. The average Bonchev–Trinajstić information content (AvgIpc) is 3.29. The van der Waals surface area contributed by atoms with Gasteiger partial charge < -0.3 is 28.4 Å². The molecule has 0 N–H and O–H groups in total. The Morgan fingerprint density at radius 1 is 1.20 bits per heavy atom. The van der Waals surface area contributed by atoms with Crippen molar-refractivity contribution in [3.8, 4) is 11.6 Å². The largest absolute Gasteiger partial charge is 0.483 e. The van der Waals surface area contributed by atoms with E-state index in [0.717, 1.165) is 38.9 Å². The van der Waals surface area contributed by atoms with Gasteiger partial charge in [-0.3, -0.25) is 4.79 Å². The van der Waals surface area contributed by atoms with Crippen molar-refractivity contribution in [2.75, 3.05) is 53.2 Å². The molecule has 11 heteroatoms. The Morgan fingerprint density at radius 2 is 1.94 bits per heavy atom. The molecule has 2 aliphatic heterocycles. The van der Waals surface area contributed by atoms with Gasteiger partial charge in [-0.25, -0.2) is 0 Å². The summed E-state index contributed by atoms with van der Waals surface area (Å²) in [7, 11) is 1.44. The van der Waals surface area contributed by atoms with Gasteiger partial charge in [-0.05, 0) is 74.9 Å². The van der Waals surface area contributed by atoms with Gasteiger partial charge in [0.25, 0.3) is 5.88 Å². The van der Waals surface area contributed by atoms with Crippen LogP contribution in [-0.4, -0.2) is 75.4 Å². The van der Waals surface area contributed by atoms with E-state index in [1.807, 2.05) is 0 Å². The van der Waals surface area contributed by atoms with Crippen molar-refractivity contribution in [2.45, 2.75) is 38.3 Å². The highest BCUT2D eigenvalue weighted by molar-refractivity contribution is 5.88. The number of carbonyl (C=O) groups is 1. The van der Waals surface area contributed by atoms with Crippen LogP contribution in [-0.2, 0) is 14.3 Å². The highest BCUT2D eigenvalue weighted by Crippen LogP contribution is 2.37. The summed E-state index contributed by atoms with van der Waals surface area (Å²) in [5, 5.41) is 4.19. The molecule has 2 aromatic rings. The van der Waals surface area contributed by atoms with Gasteiger partial charge in [-0.15, -0.1) is 0 Å². The third-order valence-corrected chi connectivity index (χ3v) is 6.96. The Kier molecular flexibility index (Phi) is 8.05. The number of hydrogen-bond donors (Lipinski definition) is 0. The third kappa shape index (κ3) is 6.38. The summed E-state index contributed by atoms with van der Waals surface area (Å²) in [6.45, 7) is 2.70. The maximum absolute atomic E-state index is 12.6. The van der Waals surface area contributed by atoms with E-state index in [-0.39, 0.29) is 23.5 Å². The van der Waals surface area contributed by atoms with E-state index in [4.69, 9.17) is 23.5 Å². The maximum Gasteiger partial charge on any atom is 0.422 e. The number of aromatic nitrogens is 1. The van der Waals surface area contributed by atoms with Crippen LogP contribution in [0.25, 0.3) is 11.0 Å². The summed E-state index contributed by atoms with van der Waals surface area (Å²) in [6, 6.07) is 4.59. The van der Waals surface area contributed by atoms with Gasteiger partial charge >= 0.3 is 12.1 Å². The number of nitrogens with zero attached hydrogens (tertiary/aromatic N) is 2. The van der Waals surface area contributed by atoms with Gasteiger partial charge in [0.2, 0.25) is 0 Å². The standard InChI is InChI=1S/C24H31F3N2O6/c1-31-22(30)23(8-13-32-14-9-23)7-12-29-10-5-17(6-11-29)15-33-21-20-18(34-16-24(25,26)27)3-2-4-19(20)35-28-21/h2-4,17H,5-16H2,1H3. The Balaban J connectivity index is 1.28. The highest BCUT2D eigenvalue weighted by Gasteiger charge is 2.41. The van der Waals surface area contributed by atoms with Gasteiger partial charge in [0, 0.05) is 13.2 Å². The fraction of sp³-hybridized carbons (Fsp3) is 0.667. The number of methoxy groups -OCH3 is 1. The summed E-state index contributed by atoms with van der Waals surface area (Å²) in [6.07, 6.45) is -0.525. The SMILES string of the molecule is COC(=O)C1(CCN2CCC(COc3noc4cccc(OCC(F)(F)F)c34)CC2)CCOCC1. The predicted molar refractivity (Wildman–Crippen MR) is 119 cm³/mol. The van der Waals surface area contributed by atoms with Crippen molar-refractivity contribution in [2.24, 2.45) is 11.3 Å². The lowest BCUT2D eigenvalue weighted by Crippen LogP contribution is -2.43. The molecule has 2 aliphatic rings. The van der Waals surface area contributed by atoms with Gasteiger partial charge in [-0.2, -0.15) is 13.2 Å². The van der Waals surface area contributed by atoms with Crippen LogP contribution < -0.4 is 9.47 Å². The predicted octanol–water partition coefficient (Wildman–Crippen LogP) is 4.22. The van der Waals surface area contributed by atoms with Crippen LogP contribution >= 0.6 is 0 Å². The second-order valence-corrected chi connectivity index (χ2v) is 9.25. The first kappa shape index (κ1) is 25.6. The van der Waals surface area contributed by atoms with Crippen LogP contribution in [0.1, 0.15) is 32.1 Å². The second-order valence-electron chi connectivity index (χ2n) is 9.25. The lowest BCUT2D eigenvalue weighted by atomic mass is 9.77. The highest BCUT2D eigenvalue weighted by atomic mass is 19.4. The zero-order valence-corrected chi connectivity index (χ0v) is 19.8. The summed E-state index contributed by atoms with van der Waals surface area (Å²) in [5.41, 5.74) is -0.158. The number of fused-ring (bicyclic) bond motifs is 1. The van der Waals surface area contributed by atoms with Crippen molar-refractivity contribution < 1.29 is 41.4 Å². The summed E-state index contributed by atoms with van der Waals surface area (Å²) in [4.78, 5) is 14.8. The Hall–Kier alpha value is -2.53. The molecular formula is C24H31F3N2O6. The van der Waals surface area contributed by atoms with Gasteiger partial charge in [0.15, 0.2) is 12.2 Å². The number of carbonyl (C=O) groups excluding carboxylic acids is 1. The van der Waals surface area contributed by atoms with Crippen molar-refractivity contribution in [1.82, 2.24) is 10.1 Å². The normalized spacial score (nSPS) is 19.5. The molecule has 0 amide bonds. The maximum atomic E-state index is 12.6. The van der Waals surface area contributed by atoms with E-state index >= 15 is 0 Å². The zero-order chi connectivity index (χ0) is 24.9. The van der Waals surface area contributed by atoms with Crippen LogP contribution in [0.3, 0.4) is 0 Å². The van der Waals surface area contributed by atoms with Gasteiger partial charge in [0.1, 0.15) is 11.1 Å². The number of alkyl halides is 3. The molecule has 0 atom stereocenters. The van der Waals surface area contributed by atoms with Crippen molar-refractivity contribution in [3.63, 3.8) is 0 Å². The first-order chi connectivity index (χ1) is 16.8. The third-order valence-electron chi connectivity index (χ3n) is 6.96. The van der Waals surface area contributed by atoms with Gasteiger partial charge in [-0.1, -0.05) is 6.07 Å². The molecular weight excluding hydrogens is 469 g/mol. The number of halogens is 3. The first-order valence-electron chi connectivity index (χ1n) is 11.9. The molecule has 0 bridgehead atoms. The Bertz CT molecular complexity index is 981. The molecule has 8 nitrogen and oxygen atoms in total. The molecule has 3 heterocycles. The smallest absolute Gasteiger partial charge is 0.422 e. The van der Waals surface area contributed by atoms with Crippen molar-refractivity contribution in [3.05, 3.63) is 18.2 Å². The number of hydrogen-bond acceptors (Lipinski definition) is 8. The first-order valence-corrected chi connectivity index (χ1v) is 11.9. The number of likely N-dealkylation sites (tertiary alicyclic amines) is 1. The Morgan fingerprint density at radius 3 is 2.63 bits per heavy atom. The average molecular weight is 501 g/mol. The molecule has 2 saturated heterocycles. The summed E-state index contributed by atoms with van der Waals surface area (Å²) < 4.78 is 64.4. The van der Waals surface area contributed by atoms with Crippen molar-refractivity contribution >= 4 is 16.9 Å². The molecule has 0 aliphatic carbocycles. The quantitative estimate of drug-likeness (QED) is 0.474. The van der Waals surface area contributed by atoms with E-state index < -0.39 is 18.2 Å². The second kappa shape index (κ2) is 11.0. The van der Waals surface area contributed by atoms with Crippen LogP contribution in [0, 0.1) is 11.3 Å². The lowest BCUT2D eigenvalue weighted by Gasteiger charge is -2.38. The number of benzene rings is 1.